The van der Waals surface area contributed by atoms with E-state index in [1.54, 1.807) is 18.1 Å². The zero-order valence-electron chi connectivity index (χ0n) is 19.8. The summed E-state index contributed by atoms with van der Waals surface area (Å²) < 4.78 is 18.9. The van der Waals surface area contributed by atoms with Crippen LogP contribution < -0.4 is 15.5 Å². The van der Waals surface area contributed by atoms with Gasteiger partial charge in [0, 0.05) is 32.9 Å². The number of aromatic nitrogens is 1. The maximum atomic E-state index is 13.5. The zero-order chi connectivity index (χ0) is 23.9. The van der Waals surface area contributed by atoms with Crippen molar-refractivity contribution in [3.8, 4) is 0 Å². The first-order valence-corrected chi connectivity index (χ1v) is 11.7. The van der Waals surface area contributed by atoms with Gasteiger partial charge in [0.2, 0.25) is 0 Å². The van der Waals surface area contributed by atoms with Crippen LogP contribution >= 0.6 is 0 Å². The van der Waals surface area contributed by atoms with Crippen LogP contribution in [0.25, 0.3) is 0 Å². The van der Waals surface area contributed by atoms with Crippen LogP contribution in [0.3, 0.4) is 0 Å². The van der Waals surface area contributed by atoms with Gasteiger partial charge in [0.05, 0.1) is 18.3 Å². The molecule has 3 heterocycles. The van der Waals surface area contributed by atoms with Gasteiger partial charge in [-0.2, -0.15) is 0 Å². The Morgan fingerprint density at radius 2 is 2.18 bits per heavy atom. The smallest absolute Gasteiger partial charge is 0.326 e. The van der Waals surface area contributed by atoms with Gasteiger partial charge in [-0.1, -0.05) is 24.3 Å². The van der Waals surface area contributed by atoms with Crippen LogP contribution in [-0.2, 0) is 11.2 Å². The molecule has 7 nitrogen and oxygen atoms in total. The SMILES string of the molecule is COC[C@@H]1CCCN1c1ccc(NC(=O)N2C=C(C)C=CC2)c(NCCc2cccc(F)c2)n1. The Balaban J connectivity index is 1.52. The molecule has 2 N–H and O–H groups in total. The molecule has 0 radical (unpaired) electrons. The summed E-state index contributed by atoms with van der Waals surface area (Å²) in [6.45, 7) is 4.59. The van der Waals surface area contributed by atoms with E-state index in [2.05, 4.69) is 15.5 Å². The Hall–Kier alpha value is -3.39. The number of urea groups is 1. The van der Waals surface area contributed by atoms with E-state index in [1.807, 2.05) is 43.5 Å². The summed E-state index contributed by atoms with van der Waals surface area (Å²) in [4.78, 5) is 21.7. The average Bonchev–Trinajstić information content (AvgIpc) is 3.28. The number of methoxy groups -OCH3 is 1. The number of pyridine rings is 1. The van der Waals surface area contributed by atoms with Gasteiger partial charge in [0.15, 0.2) is 5.82 Å². The summed E-state index contributed by atoms with van der Waals surface area (Å²) in [5, 5.41) is 6.35. The molecule has 0 aliphatic carbocycles. The van der Waals surface area contributed by atoms with Crippen molar-refractivity contribution in [2.45, 2.75) is 32.2 Å². The standard InChI is InChI=1S/C26H32FN5O2/c1-19-6-4-14-31(17-19)26(33)29-23-10-11-24(32-15-5-9-22(32)18-34-2)30-25(23)28-13-12-20-7-3-8-21(27)16-20/h3-4,6-8,10-11,16-17,22H,5,9,12-15,18H2,1-2H3,(H,28,30)(H,29,33)/t22-/m0/s1. The average molecular weight is 466 g/mol. The van der Waals surface area contributed by atoms with Crippen LogP contribution in [0, 0.1) is 5.82 Å². The molecule has 2 amide bonds. The number of benzene rings is 1. The number of nitrogens with zero attached hydrogens (tertiary/aromatic N) is 3. The highest BCUT2D eigenvalue weighted by Crippen LogP contribution is 2.29. The van der Waals surface area contributed by atoms with E-state index in [9.17, 15) is 9.18 Å². The highest BCUT2D eigenvalue weighted by Gasteiger charge is 2.26. The molecule has 1 aromatic heterocycles. The van der Waals surface area contributed by atoms with Crippen molar-refractivity contribution >= 4 is 23.4 Å². The van der Waals surface area contributed by atoms with Crippen LogP contribution in [0.4, 0.5) is 26.5 Å². The number of allylic oxidation sites excluding steroid dienone is 2. The number of carbonyl (C=O) groups excluding carboxylic acids is 1. The van der Waals surface area contributed by atoms with Crippen molar-refractivity contribution in [2.24, 2.45) is 0 Å². The molecule has 1 saturated heterocycles. The number of nitrogens with one attached hydrogen (secondary N) is 2. The molecule has 0 spiro atoms. The van der Waals surface area contributed by atoms with Crippen molar-refractivity contribution in [3.63, 3.8) is 0 Å². The number of rotatable bonds is 8. The molecule has 8 heteroatoms. The lowest BCUT2D eigenvalue weighted by atomic mass is 10.1. The van der Waals surface area contributed by atoms with Crippen molar-refractivity contribution in [1.29, 1.82) is 0 Å². The molecule has 34 heavy (non-hydrogen) atoms. The molecule has 0 bridgehead atoms. The quantitative estimate of drug-likeness (QED) is 0.586. The van der Waals surface area contributed by atoms with Gasteiger partial charge in [0.1, 0.15) is 11.6 Å². The second-order valence-electron chi connectivity index (χ2n) is 8.68. The van der Waals surface area contributed by atoms with E-state index in [0.29, 0.717) is 37.6 Å². The number of ether oxygens (including phenoxy) is 1. The summed E-state index contributed by atoms with van der Waals surface area (Å²) in [7, 11) is 1.72. The Morgan fingerprint density at radius 1 is 1.29 bits per heavy atom. The first-order valence-electron chi connectivity index (χ1n) is 11.7. The Kier molecular flexibility index (Phi) is 7.80. The van der Waals surface area contributed by atoms with E-state index in [0.717, 1.165) is 36.3 Å². The van der Waals surface area contributed by atoms with E-state index in [-0.39, 0.29) is 17.9 Å². The number of amides is 2. The molecule has 180 valence electrons. The summed E-state index contributed by atoms with van der Waals surface area (Å²) >= 11 is 0. The maximum absolute atomic E-state index is 13.5. The Labute approximate surface area is 200 Å². The predicted octanol–water partition coefficient (Wildman–Crippen LogP) is 4.80. The lowest BCUT2D eigenvalue weighted by molar-refractivity contribution is 0.180. The number of hydrogen-bond donors (Lipinski definition) is 2. The maximum Gasteiger partial charge on any atom is 0.326 e. The summed E-state index contributed by atoms with van der Waals surface area (Å²) in [5.74, 6) is 1.20. The molecule has 1 aromatic carbocycles. The van der Waals surface area contributed by atoms with Gasteiger partial charge >= 0.3 is 6.03 Å². The topological polar surface area (TPSA) is 69.7 Å². The van der Waals surface area contributed by atoms with E-state index < -0.39 is 0 Å². The molecule has 0 saturated carbocycles. The lowest BCUT2D eigenvalue weighted by Gasteiger charge is -2.27. The molecular weight excluding hydrogens is 433 g/mol. The highest BCUT2D eigenvalue weighted by atomic mass is 19.1. The third-order valence-electron chi connectivity index (χ3n) is 6.05. The van der Waals surface area contributed by atoms with Crippen LogP contribution in [0.15, 0.2) is 60.3 Å². The fourth-order valence-electron chi connectivity index (χ4n) is 4.39. The normalized spacial score (nSPS) is 17.6. The molecule has 2 aromatic rings. The van der Waals surface area contributed by atoms with Crippen molar-refractivity contribution in [2.75, 3.05) is 48.9 Å². The number of anilines is 3. The van der Waals surface area contributed by atoms with Crippen molar-refractivity contribution < 1.29 is 13.9 Å². The highest BCUT2D eigenvalue weighted by molar-refractivity contribution is 5.93. The third-order valence-corrected chi connectivity index (χ3v) is 6.05. The lowest BCUT2D eigenvalue weighted by Crippen LogP contribution is -2.34. The fourth-order valence-corrected chi connectivity index (χ4v) is 4.39. The summed E-state index contributed by atoms with van der Waals surface area (Å²) in [6.07, 6.45) is 8.55. The number of hydrogen-bond acceptors (Lipinski definition) is 5. The van der Waals surface area contributed by atoms with Crippen molar-refractivity contribution in [3.05, 3.63) is 71.7 Å². The van der Waals surface area contributed by atoms with Crippen LogP contribution in [0.5, 0.6) is 0 Å². The first-order chi connectivity index (χ1) is 16.5. The minimum atomic E-state index is -0.247. The molecule has 2 aliphatic heterocycles. The minimum Gasteiger partial charge on any atom is -0.383 e. The van der Waals surface area contributed by atoms with Gasteiger partial charge in [-0.15, -0.1) is 0 Å². The van der Waals surface area contributed by atoms with E-state index >= 15 is 0 Å². The molecule has 1 fully saturated rings. The fraction of sp³-hybridized carbons (Fsp3) is 0.385. The Bertz CT molecular complexity index is 1070. The monoisotopic (exact) mass is 465 g/mol. The summed E-state index contributed by atoms with van der Waals surface area (Å²) in [5.41, 5.74) is 2.52. The second-order valence-corrected chi connectivity index (χ2v) is 8.68. The third kappa shape index (κ3) is 5.94. The predicted molar refractivity (Wildman–Crippen MR) is 134 cm³/mol. The zero-order valence-corrected chi connectivity index (χ0v) is 19.8. The van der Waals surface area contributed by atoms with Gasteiger partial charge in [-0.05, 0) is 61.6 Å². The number of carbonyl (C=O) groups is 1. The van der Waals surface area contributed by atoms with Gasteiger partial charge in [0.25, 0.3) is 0 Å². The molecule has 0 unspecified atom stereocenters. The van der Waals surface area contributed by atoms with Gasteiger partial charge in [-0.25, -0.2) is 14.2 Å². The van der Waals surface area contributed by atoms with Crippen molar-refractivity contribution in [1.82, 2.24) is 9.88 Å². The second kappa shape index (κ2) is 11.2. The van der Waals surface area contributed by atoms with Crippen LogP contribution in [0.2, 0.25) is 0 Å². The molecule has 1 atom stereocenters. The van der Waals surface area contributed by atoms with Gasteiger partial charge < -0.3 is 20.3 Å². The largest absolute Gasteiger partial charge is 0.383 e. The van der Waals surface area contributed by atoms with Crippen LogP contribution in [0.1, 0.15) is 25.3 Å². The van der Waals surface area contributed by atoms with Gasteiger partial charge in [-0.3, -0.25) is 4.90 Å². The Morgan fingerprint density at radius 3 is 2.97 bits per heavy atom. The van der Waals surface area contributed by atoms with E-state index in [1.165, 1.54) is 12.1 Å². The summed E-state index contributed by atoms with van der Waals surface area (Å²) in [6, 6.07) is 10.5. The first kappa shape index (κ1) is 23.8. The van der Waals surface area contributed by atoms with E-state index in [4.69, 9.17) is 9.72 Å². The van der Waals surface area contributed by atoms with Crippen LogP contribution in [-0.4, -0.2) is 55.3 Å². The molecular formula is C26H32FN5O2. The molecule has 4 rings (SSSR count). The molecule has 2 aliphatic rings. The number of halogens is 1. The minimum absolute atomic E-state index is 0.218.